The van der Waals surface area contributed by atoms with Gasteiger partial charge in [-0.05, 0) is 36.5 Å². The molecule has 2 unspecified atom stereocenters. The van der Waals surface area contributed by atoms with E-state index in [9.17, 15) is 8.42 Å². The molecule has 0 saturated heterocycles. The van der Waals surface area contributed by atoms with Crippen molar-refractivity contribution in [2.45, 2.75) is 37.5 Å². The lowest BCUT2D eigenvalue weighted by molar-refractivity contribution is 0.257. The van der Waals surface area contributed by atoms with Crippen molar-refractivity contribution in [1.82, 2.24) is 4.72 Å². The second-order valence-electron chi connectivity index (χ2n) is 5.78. The number of hydrogen-bond acceptors (Lipinski definition) is 4. The minimum atomic E-state index is -3.60. The normalized spacial score (nSPS) is 23.0. The topological polar surface area (TPSA) is 81.4 Å². The Kier molecular flexibility index (Phi) is 5.11. The fraction of sp³-hybridized carbons (Fsp3) is 0.600. The second-order valence-corrected chi connectivity index (χ2v) is 7.52. The van der Waals surface area contributed by atoms with E-state index in [1.807, 2.05) is 0 Å². The van der Waals surface area contributed by atoms with Gasteiger partial charge in [-0.3, -0.25) is 0 Å². The van der Waals surface area contributed by atoms with Gasteiger partial charge in [0.2, 0.25) is 10.0 Å². The molecule has 0 aromatic heterocycles. The lowest BCUT2D eigenvalue weighted by Gasteiger charge is -2.28. The minimum absolute atomic E-state index is 0.105. The quantitative estimate of drug-likeness (QED) is 0.818. The first-order valence-corrected chi connectivity index (χ1v) is 8.85. The van der Waals surface area contributed by atoms with E-state index in [1.165, 1.54) is 32.4 Å². The maximum atomic E-state index is 12.5. The molecule has 0 aliphatic heterocycles. The predicted molar refractivity (Wildman–Crippen MR) is 83.7 cm³/mol. The number of nitrogen functional groups attached to an aromatic ring is 1. The Morgan fingerprint density at radius 1 is 1.33 bits per heavy atom. The fourth-order valence-electron chi connectivity index (χ4n) is 2.89. The first-order chi connectivity index (χ1) is 9.94. The Bertz CT molecular complexity index is 587. The molecule has 1 aromatic carbocycles. The largest absolute Gasteiger partial charge is 0.495 e. The number of nitrogens with two attached hydrogens (primary N) is 1. The lowest BCUT2D eigenvalue weighted by atomic mass is 9.81. The summed E-state index contributed by atoms with van der Waals surface area (Å²) < 4.78 is 32.8. The van der Waals surface area contributed by atoms with E-state index in [4.69, 9.17) is 10.5 Å². The minimum Gasteiger partial charge on any atom is -0.495 e. The van der Waals surface area contributed by atoms with Gasteiger partial charge in [0.25, 0.3) is 0 Å². The maximum Gasteiger partial charge on any atom is 0.244 e. The lowest BCUT2D eigenvalue weighted by Crippen LogP contribution is -2.33. The zero-order valence-corrected chi connectivity index (χ0v) is 13.4. The van der Waals surface area contributed by atoms with Crippen LogP contribution in [0.2, 0.25) is 0 Å². The molecule has 1 fully saturated rings. The van der Waals surface area contributed by atoms with Crippen molar-refractivity contribution in [2.24, 2.45) is 11.8 Å². The monoisotopic (exact) mass is 312 g/mol. The Labute approximate surface area is 126 Å². The molecule has 118 valence electrons. The first-order valence-electron chi connectivity index (χ1n) is 7.37. The Morgan fingerprint density at radius 2 is 2.05 bits per heavy atom. The van der Waals surface area contributed by atoms with Crippen molar-refractivity contribution >= 4 is 15.7 Å². The Morgan fingerprint density at radius 3 is 2.71 bits per heavy atom. The van der Waals surface area contributed by atoms with Gasteiger partial charge in [0.1, 0.15) is 10.6 Å². The van der Waals surface area contributed by atoms with Gasteiger partial charge in [-0.2, -0.15) is 0 Å². The van der Waals surface area contributed by atoms with Crippen molar-refractivity contribution < 1.29 is 13.2 Å². The molecule has 0 bridgehead atoms. The van der Waals surface area contributed by atoms with Crippen LogP contribution in [-0.2, 0) is 10.0 Å². The van der Waals surface area contributed by atoms with Gasteiger partial charge in [0.05, 0.1) is 7.11 Å². The molecule has 2 rings (SSSR count). The van der Waals surface area contributed by atoms with Crippen LogP contribution in [0.5, 0.6) is 5.75 Å². The summed E-state index contributed by atoms with van der Waals surface area (Å²) in [6.07, 6.45) is 4.68. The summed E-state index contributed by atoms with van der Waals surface area (Å²) in [4.78, 5) is 0.105. The summed E-state index contributed by atoms with van der Waals surface area (Å²) >= 11 is 0. The number of anilines is 1. The molecule has 1 aliphatic rings. The molecule has 0 heterocycles. The SMILES string of the molecule is COc1ccc(N)cc1S(=O)(=O)NCC1CCCCC1C. The highest BCUT2D eigenvalue weighted by atomic mass is 32.2. The van der Waals surface area contributed by atoms with Crippen LogP contribution in [0, 0.1) is 11.8 Å². The summed E-state index contributed by atoms with van der Waals surface area (Å²) in [6.45, 7) is 2.67. The van der Waals surface area contributed by atoms with Crippen LogP contribution in [0.1, 0.15) is 32.6 Å². The summed E-state index contributed by atoms with van der Waals surface area (Å²) in [6, 6.07) is 4.64. The average molecular weight is 312 g/mol. The van der Waals surface area contributed by atoms with Crippen molar-refractivity contribution in [3.63, 3.8) is 0 Å². The number of nitrogens with one attached hydrogen (secondary N) is 1. The third-order valence-electron chi connectivity index (χ3n) is 4.30. The summed E-state index contributed by atoms with van der Waals surface area (Å²) in [5.74, 6) is 1.28. The van der Waals surface area contributed by atoms with Crippen molar-refractivity contribution in [3.8, 4) is 5.75 Å². The van der Waals surface area contributed by atoms with Crippen LogP contribution >= 0.6 is 0 Å². The Balaban J connectivity index is 2.13. The summed E-state index contributed by atoms with van der Waals surface area (Å²) in [7, 11) is -2.15. The molecule has 2 atom stereocenters. The number of ether oxygens (including phenoxy) is 1. The zero-order chi connectivity index (χ0) is 15.5. The molecule has 3 N–H and O–H groups in total. The van der Waals surface area contributed by atoms with Crippen LogP contribution in [0.25, 0.3) is 0 Å². The number of hydrogen-bond donors (Lipinski definition) is 2. The van der Waals surface area contributed by atoms with Gasteiger partial charge in [0, 0.05) is 12.2 Å². The zero-order valence-electron chi connectivity index (χ0n) is 12.6. The smallest absolute Gasteiger partial charge is 0.244 e. The van der Waals surface area contributed by atoms with E-state index in [2.05, 4.69) is 11.6 Å². The average Bonchev–Trinajstić information content (AvgIpc) is 2.46. The third kappa shape index (κ3) is 3.89. The molecule has 1 saturated carbocycles. The standard InChI is InChI=1S/C15H24N2O3S/c1-11-5-3-4-6-12(11)10-17-21(18,19)15-9-13(16)7-8-14(15)20-2/h7-9,11-12,17H,3-6,10,16H2,1-2H3. The van der Waals surface area contributed by atoms with Gasteiger partial charge in [-0.25, -0.2) is 13.1 Å². The predicted octanol–water partition coefficient (Wildman–Crippen LogP) is 2.38. The molecule has 6 heteroatoms. The first kappa shape index (κ1) is 16.1. The van der Waals surface area contributed by atoms with Gasteiger partial charge in [0.15, 0.2) is 0 Å². The second kappa shape index (κ2) is 6.66. The number of methoxy groups -OCH3 is 1. The van der Waals surface area contributed by atoms with E-state index in [-0.39, 0.29) is 4.90 Å². The van der Waals surface area contributed by atoms with Crippen LogP contribution in [0.15, 0.2) is 23.1 Å². The van der Waals surface area contributed by atoms with Crippen molar-refractivity contribution in [1.29, 1.82) is 0 Å². The van der Waals surface area contributed by atoms with Gasteiger partial charge in [-0.15, -0.1) is 0 Å². The van der Waals surface area contributed by atoms with E-state index in [1.54, 1.807) is 12.1 Å². The molecule has 1 aliphatic carbocycles. The number of benzene rings is 1. The third-order valence-corrected chi connectivity index (χ3v) is 5.75. The molecular formula is C15H24N2O3S. The van der Waals surface area contributed by atoms with Crippen LogP contribution in [-0.4, -0.2) is 22.1 Å². The number of sulfonamides is 1. The highest BCUT2D eigenvalue weighted by Gasteiger charge is 2.25. The van der Waals surface area contributed by atoms with Crippen LogP contribution in [0.3, 0.4) is 0 Å². The van der Waals surface area contributed by atoms with E-state index in [0.29, 0.717) is 29.8 Å². The summed E-state index contributed by atoms with van der Waals surface area (Å²) in [5, 5.41) is 0. The molecule has 21 heavy (non-hydrogen) atoms. The molecule has 0 radical (unpaired) electrons. The summed E-state index contributed by atoms with van der Waals surface area (Å²) in [5.41, 5.74) is 6.10. The van der Waals surface area contributed by atoms with Gasteiger partial charge < -0.3 is 10.5 Å². The molecular weight excluding hydrogens is 288 g/mol. The van der Waals surface area contributed by atoms with Crippen LogP contribution in [0.4, 0.5) is 5.69 Å². The molecule has 0 spiro atoms. The Hall–Kier alpha value is -1.27. The number of rotatable bonds is 5. The highest BCUT2D eigenvalue weighted by Crippen LogP contribution is 2.30. The van der Waals surface area contributed by atoms with E-state index < -0.39 is 10.0 Å². The van der Waals surface area contributed by atoms with E-state index >= 15 is 0 Å². The van der Waals surface area contributed by atoms with Crippen molar-refractivity contribution in [2.75, 3.05) is 19.4 Å². The molecule has 1 aromatic rings. The van der Waals surface area contributed by atoms with Crippen LogP contribution < -0.4 is 15.2 Å². The van der Waals surface area contributed by atoms with Crippen molar-refractivity contribution in [3.05, 3.63) is 18.2 Å². The highest BCUT2D eigenvalue weighted by molar-refractivity contribution is 7.89. The van der Waals surface area contributed by atoms with Gasteiger partial charge >= 0.3 is 0 Å². The molecule has 0 amide bonds. The van der Waals surface area contributed by atoms with E-state index in [0.717, 1.165) is 6.42 Å². The maximum absolute atomic E-state index is 12.5. The molecule has 5 nitrogen and oxygen atoms in total. The van der Waals surface area contributed by atoms with Gasteiger partial charge in [-0.1, -0.05) is 26.2 Å². The fourth-order valence-corrected chi connectivity index (χ4v) is 4.19.